The molecule has 18 heavy (non-hydrogen) atoms. The summed E-state index contributed by atoms with van der Waals surface area (Å²) in [7, 11) is 0. The molecule has 1 N–H and O–H groups in total. The van der Waals surface area contributed by atoms with E-state index in [0.717, 1.165) is 17.0 Å². The van der Waals surface area contributed by atoms with Crippen LogP contribution >= 0.6 is 0 Å². The molecular weight excluding hydrogens is 230 g/mol. The lowest BCUT2D eigenvalue weighted by Crippen LogP contribution is -2.20. The second kappa shape index (κ2) is 4.87. The summed E-state index contributed by atoms with van der Waals surface area (Å²) in [6, 6.07) is 10.8. The number of nitrogens with zero attached hydrogens (tertiary/aromatic N) is 1. The van der Waals surface area contributed by atoms with Gasteiger partial charge in [-0.1, -0.05) is 18.2 Å². The fraction of sp³-hybridized carbons (Fsp3) is 0.143. The minimum absolute atomic E-state index is 0.133. The number of aliphatic carboxylic acids is 1. The van der Waals surface area contributed by atoms with Crippen LogP contribution in [0.5, 0.6) is 0 Å². The van der Waals surface area contributed by atoms with Crippen LogP contribution < -0.4 is 5.56 Å². The zero-order chi connectivity index (χ0) is 13.1. The number of para-hydroxylation sites is 1. The van der Waals surface area contributed by atoms with Gasteiger partial charge in [-0.2, -0.15) is 0 Å². The Bertz CT molecular complexity index is 683. The second-order valence-corrected chi connectivity index (χ2v) is 4.15. The van der Waals surface area contributed by atoms with Gasteiger partial charge in [0.2, 0.25) is 0 Å². The summed E-state index contributed by atoms with van der Waals surface area (Å²) in [6.07, 6.45) is 1.12. The number of carbonyl (C=O) groups is 1. The van der Waals surface area contributed by atoms with Gasteiger partial charge < -0.3 is 9.67 Å². The quantitative estimate of drug-likeness (QED) is 0.839. The molecule has 2 aromatic rings. The van der Waals surface area contributed by atoms with Crippen LogP contribution in [0.4, 0.5) is 0 Å². The Morgan fingerprint density at radius 3 is 2.72 bits per heavy atom. The van der Waals surface area contributed by atoms with E-state index in [1.54, 1.807) is 17.6 Å². The van der Waals surface area contributed by atoms with E-state index in [2.05, 4.69) is 0 Å². The average Bonchev–Trinajstić information content (AvgIpc) is 2.32. The summed E-state index contributed by atoms with van der Waals surface area (Å²) in [4.78, 5) is 22.4. The maximum absolute atomic E-state index is 11.8. The number of pyridine rings is 1. The van der Waals surface area contributed by atoms with Crippen LogP contribution in [-0.2, 0) is 11.3 Å². The topological polar surface area (TPSA) is 59.3 Å². The van der Waals surface area contributed by atoms with Crippen molar-refractivity contribution in [2.75, 3.05) is 0 Å². The van der Waals surface area contributed by atoms with Crippen LogP contribution in [0.25, 0.3) is 10.9 Å². The zero-order valence-electron chi connectivity index (χ0n) is 9.96. The molecule has 0 amide bonds. The van der Waals surface area contributed by atoms with Crippen LogP contribution in [0, 0.1) is 0 Å². The Labute approximate surface area is 104 Å². The van der Waals surface area contributed by atoms with Crippen molar-refractivity contribution in [1.82, 2.24) is 4.57 Å². The molecule has 4 heteroatoms. The first kappa shape index (κ1) is 12.1. The second-order valence-electron chi connectivity index (χ2n) is 4.15. The largest absolute Gasteiger partial charge is 0.478 e. The highest BCUT2D eigenvalue weighted by molar-refractivity contribution is 5.81. The molecular formula is C14H13NO3. The highest BCUT2D eigenvalue weighted by Gasteiger charge is 2.03. The first-order valence-electron chi connectivity index (χ1n) is 5.56. The molecule has 0 aliphatic heterocycles. The van der Waals surface area contributed by atoms with E-state index in [4.69, 9.17) is 5.11 Å². The Morgan fingerprint density at radius 1 is 1.28 bits per heavy atom. The van der Waals surface area contributed by atoms with E-state index in [1.165, 1.54) is 6.07 Å². The number of carboxylic acids is 1. The number of hydrogen-bond donors (Lipinski definition) is 1. The van der Waals surface area contributed by atoms with Crippen molar-refractivity contribution >= 4 is 16.9 Å². The van der Waals surface area contributed by atoms with Crippen molar-refractivity contribution in [3.8, 4) is 0 Å². The van der Waals surface area contributed by atoms with Gasteiger partial charge in [0.15, 0.2) is 0 Å². The number of benzene rings is 1. The molecule has 0 unspecified atom stereocenters. The van der Waals surface area contributed by atoms with Gasteiger partial charge in [0.25, 0.3) is 5.56 Å². The lowest BCUT2D eigenvalue weighted by atomic mass is 10.2. The predicted molar refractivity (Wildman–Crippen MR) is 69.6 cm³/mol. The van der Waals surface area contributed by atoms with Gasteiger partial charge in [-0.3, -0.25) is 4.79 Å². The molecule has 0 saturated carbocycles. The Balaban J connectivity index is 2.53. The van der Waals surface area contributed by atoms with E-state index in [-0.39, 0.29) is 12.1 Å². The van der Waals surface area contributed by atoms with E-state index in [1.807, 2.05) is 24.3 Å². The SMILES string of the molecule is CC(=CC(=O)O)Cn1c(=O)ccc2ccccc21. The van der Waals surface area contributed by atoms with Crippen molar-refractivity contribution in [1.29, 1.82) is 0 Å². The summed E-state index contributed by atoms with van der Waals surface area (Å²) in [5.74, 6) is -0.999. The van der Waals surface area contributed by atoms with Gasteiger partial charge in [-0.25, -0.2) is 4.79 Å². The summed E-state index contributed by atoms with van der Waals surface area (Å²) in [5, 5.41) is 9.64. The third-order valence-electron chi connectivity index (χ3n) is 2.68. The van der Waals surface area contributed by atoms with Gasteiger partial charge in [-0.05, 0) is 30.0 Å². The molecule has 0 bridgehead atoms. The minimum atomic E-state index is -0.999. The van der Waals surface area contributed by atoms with Crippen molar-refractivity contribution in [2.24, 2.45) is 0 Å². The number of carboxylic acid groups (broad SMARTS) is 1. The molecule has 0 saturated heterocycles. The molecule has 92 valence electrons. The molecule has 0 aliphatic rings. The van der Waals surface area contributed by atoms with Crippen molar-refractivity contribution < 1.29 is 9.90 Å². The highest BCUT2D eigenvalue weighted by atomic mass is 16.4. The van der Waals surface area contributed by atoms with Crippen molar-refractivity contribution in [2.45, 2.75) is 13.5 Å². The Hall–Kier alpha value is -2.36. The molecule has 0 spiro atoms. The molecule has 0 fully saturated rings. The third-order valence-corrected chi connectivity index (χ3v) is 2.68. The molecule has 1 aromatic heterocycles. The van der Waals surface area contributed by atoms with Crippen LogP contribution in [0.3, 0.4) is 0 Å². The lowest BCUT2D eigenvalue weighted by Gasteiger charge is -2.09. The van der Waals surface area contributed by atoms with Gasteiger partial charge in [0, 0.05) is 18.7 Å². The first-order chi connectivity index (χ1) is 8.58. The van der Waals surface area contributed by atoms with Crippen LogP contribution in [0.1, 0.15) is 6.92 Å². The van der Waals surface area contributed by atoms with Crippen molar-refractivity contribution in [3.63, 3.8) is 0 Å². The number of allylic oxidation sites excluding steroid dienone is 1. The molecule has 4 nitrogen and oxygen atoms in total. The number of aromatic nitrogens is 1. The molecule has 2 rings (SSSR count). The van der Waals surface area contributed by atoms with Gasteiger partial charge in [0.05, 0.1) is 5.52 Å². The molecule has 0 radical (unpaired) electrons. The number of rotatable bonds is 3. The standard InChI is InChI=1S/C14H13NO3/c1-10(8-14(17)18)9-15-12-5-3-2-4-11(12)6-7-13(15)16/h2-8H,9H2,1H3,(H,17,18). The van der Waals surface area contributed by atoms with Crippen molar-refractivity contribution in [3.05, 3.63) is 58.4 Å². The molecule has 1 aromatic carbocycles. The minimum Gasteiger partial charge on any atom is -0.478 e. The monoisotopic (exact) mass is 243 g/mol. The van der Waals surface area contributed by atoms with Crippen LogP contribution in [0.15, 0.2) is 52.8 Å². The fourth-order valence-electron chi connectivity index (χ4n) is 1.91. The smallest absolute Gasteiger partial charge is 0.328 e. The maximum Gasteiger partial charge on any atom is 0.328 e. The van der Waals surface area contributed by atoms with E-state index >= 15 is 0 Å². The third kappa shape index (κ3) is 2.48. The van der Waals surface area contributed by atoms with Crippen LogP contribution in [0.2, 0.25) is 0 Å². The average molecular weight is 243 g/mol. The van der Waals surface area contributed by atoms with E-state index < -0.39 is 5.97 Å². The van der Waals surface area contributed by atoms with Gasteiger partial charge in [0.1, 0.15) is 0 Å². The summed E-state index contributed by atoms with van der Waals surface area (Å²) in [6.45, 7) is 1.98. The Kier molecular flexibility index (Phi) is 3.28. The summed E-state index contributed by atoms with van der Waals surface area (Å²) >= 11 is 0. The van der Waals surface area contributed by atoms with Gasteiger partial charge >= 0.3 is 5.97 Å². The Morgan fingerprint density at radius 2 is 2.00 bits per heavy atom. The normalized spacial score (nSPS) is 11.7. The zero-order valence-corrected chi connectivity index (χ0v) is 9.96. The van der Waals surface area contributed by atoms with Gasteiger partial charge in [-0.15, -0.1) is 0 Å². The molecule has 1 heterocycles. The molecule has 0 atom stereocenters. The van der Waals surface area contributed by atoms with E-state index in [9.17, 15) is 9.59 Å². The first-order valence-corrected chi connectivity index (χ1v) is 5.56. The predicted octanol–water partition coefficient (Wildman–Crippen LogP) is 2.03. The highest BCUT2D eigenvalue weighted by Crippen LogP contribution is 2.12. The van der Waals surface area contributed by atoms with E-state index in [0.29, 0.717) is 5.57 Å². The lowest BCUT2D eigenvalue weighted by molar-refractivity contribution is -0.131. The summed E-state index contributed by atoms with van der Waals surface area (Å²) < 4.78 is 1.57. The molecule has 0 aliphatic carbocycles. The summed E-state index contributed by atoms with van der Waals surface area (Å²) in [5.41, 5.74) is 1.30. The van der Waals surface area contributed by atoms with Crippen LogP contribution in [-0.4, -0.2) is 15.6 Å². The maximum atomic E-state index is 11.8. The fourth-order valence-corrected chi connectivity index (χ4v) is 1.91. The number of hydrogen-bond acceptors (Lipinski definition) is 2. The number of fused-ring (bicyclic) bond motifs is 1.